The second-order valence-electron chi connectivity index (χ2n) is 5.26. The van der Waals surface area contributed by atoms with Crippen LogP contribution in [0.2, 0.25) is 0 Å². The van der Waals surface area contributed by atoms with Crippen molar-refractivity contribution in [3.63, 3.8) is 0 Å². The molecular weight excluding hydrogens is 252 g/mol. The van der Waals surface area contributed by atoms with E-state index >= 15 is 0 Å². The van der Waals surface area contributed by atoms with Crippen molar-refractivity contribution in [3.8, 4) is 0 Å². The largest absolute Gasteiger partial charge is 0.465 e. The number of carbonyl (C=O) groups is 1. The monoisotopic (exact) mass is 278 g/mol. The summed E-state index contributed by atoms with van der Waals surface area (Å²) < 4.78 is 5.17. The van der Waals surface area contributed by atoms with E-state index in [4.69, 9.17) is 4.74 Å². The van der Waals surface area contributed by atoms with Gasteiger partial charge in [0.1, 0.15) is 6.04 Å². The summed E-state index contributed by atoms with van der Waals surface area (Å²) in [5, 5.41) is 3.37. The minimum absolute atomic E-state index is 0.213. The van der Waals surface area contributed by atoms with Crippen molar-refractivity contribution in [3.05, 3.63) is 35.9 Å². The standard InChI is InChI=1S/C16H26N2O2/c1-5-20-16(19)15(14-9-7-6-8-10-14)17-13(2)11-12-18(3)4/h6-10,13,15,17H,5,11-12H2,1-4H3. The summed E-state index contributed by atoms with van der Waals surface area (Å²) in [6.07, 6.45) is 0.982. The molecule has 0 radical (unpaired) electrons. The number of carbonyl (C=O) groups excluding carboxylic acids is 1. The van der Waals surface area contributed by atoms with Gasteiger partial charge < -0.3 is 9.64 Å². The molecule has 4 nitrogen and oxygen atoms in total. The second-order valence-corrected chi connectivity index (χ2v) is 5.26. The first-order valence-corrected chi connectivity index (χ1v) is 7.17. The zero-order valence-electron chi connectivity index (χ0n) is 12.9. The SMILES string of the molecule is CCOC(=O)C(NC(C)CCN(C)C)c1ccccc1. The van der Waals surface area contributed by atoms with Crippen LogP contribution in [0, 0.1) is 0 Å². The molecule has 0 amide bonds. The molecule has 4 heteroatoms. The summed E-state index contributed by atoms with van der Waals surface area (Å²) in [6.45, 7) is 5.31. The van der Waals surface area contributed by atoms with Gasteiger partial charge >= 0.3 is 5.97 Å². The molecule has 1 aromatic carbocycles. The highest BCUT2D eigenvalue weighted by atomic mass is 16.5. The lowest BCUT2D eigenvalue weighted by Gasteiger charge is -2.23. The second kappa shape index (κ2) is 8.72. The Balaban J connectivity index is 2.71. The molecule has 1 aromatic rings. The molecule has 1 rings (SSSR count). The van der Waals surface area contributed by atoms with Crippen molar-refractivity contribution < 1.29 is 9.53 Å². The number of hydrogen-bond acceptors (Lipinski definition) is 4. The zero-order chi connectivity index (χ0) is 15.0. The molecule has 0 saturated carbocycles. The Kier molecular flexibility index (Phi) is 7.26. The Morgan fingerprint density at radius 3 is 2.50 bits per heavy atom. The molecular formula is C16H26N2O2. The first-order valence-electron chi connectivity index (χ1n) is 7.17. The van der Waals surface area contributed by atoms with Crippen LogP contribution in [0.4, 0.5) is 0 Å². The summed E-state index contributed by atoms with van der Waals surface area (Å²) in [5.41, 5.74) is 0.947. The summed E-state index contributed by atoms with van der Waals surface area (Å²) in [6, 6.07) is 9.57. The van der Waals surface area contributed by atoms with Crippen LogP contribution in [-0.4, -0.2) is 44.2 Å². The Hall–Kier alpha value is -1.39. The van der Waals surface area contributed by atoms with Gasteiger partial charge in [-0.3, -0.25) is 5.32 Å². The fourth-order valence-electron chi connectivity index (χ4n) is 1.99. The topological polar surface area (TPSA) is 41.6 Å². The lowest BCUT2D eigenvalue weighted by Crippen LogP contribution is -2.37. The van der Waals surface area contributed by atoms with Gasteiger partial charge in [-0.15, -0.1) is 0 Å². The van der Waals surface area contributed by atoms with Gasteiger partial charge in [0, 0.05) is 6.04 Å². The van der Waals surface area contributed by atoms with Gasteiger partial charge in [0.25, 0.3) is 0 Å². The van der Waals surface area contributed by atoms with E-state index < -0.39 is 6.04 Å². The first-order chi connectivity index (χ1) is 9.54. The van der Waals surface area contributed by atoms with Gasteiger partial charge in [-0.1, -0.05) is 30.3 Å². The Morgan fingerprint density at radius 2 is 1.95 bits per heavy atom. The quantitative estimate of drug-likeness (QED) is 0.740. The van der Waals surface area contributed by atoms with Gasteiger partial charge in [0.2, 0.25) is 0 Å². The van der Waals surface area contributed by atoms with E-state index in [-0.39, 0.29) is 12.0 Å². The molecule has 0 aliphatic rings. The van der Waals surface area contributed by atoms with E-state index in [2.05, 4.69) is 17.1 Å². The Labute approximate surface area is 122 Å². The molecule has 0 aliphatic carbocycles. The molecule has 0 aromatic heterocycles. The number of esters is 1. The van der Waals surface area contributed by atoms with Gasteiger partial charge in [0.15, 0.2) is 0 Å². The number of ether oxygens (including phenoxy) is 1. The van der Waals surface area contributed by atoms with Crippen molar-refractivity contribution in [1.82, 2.24) is 10.2 Å². The first kappa shape index (κ1) is 16.7. The van der Waals surface area contributed by atoms with Gasteiger partial charge in [-0.05, 0) is 46.5 Å². The van der Waals surface area contributed by atoms with Crippen molar-refractivity contribution in [2.45, 2.75) is 32.4 Å². The molecule has 112 valence electrons. The van der Waals surface area contributed by atoms with Crippen LogP contribution in [0.5, 0.6) is 0 Å². The molecule has 0 saturated heterocycles. The third-order valence-corrected chi connectivity index (χ3v) is 3.12. The van der Waals surface area contributed by atoms with Crippen LogP contribution in [0.3, 0.4) is 0 Å². The van der Waals surface area contributed by atoms with Gasteiger partial charge in [0.05, 0.1) is 6.61 Å². The van der Waals surface area contributed by atoms with E-state index in [1.165, 1.54) is 0 Å². The highest BCUT2D eigenvalue weighted by molar-refractivity contribution is 5.77. The van der Waals surface area contributed by atoms with Crippen molar-refractivity contribution in [2.24, 2.45) is 0 Å². The zero-order valence-corrected chi connectivity index (χ0v) is 12.9. The third kappa shape index (κ3) is 5.72. The lowest BCUT2D eigenvalue weighted by atomic mass is 10.1. The number of hydrogen-bond donors (Lipinski definition) is 1. The van der Waals surface area contributed by atoms with Crippen LogP contribution >= 0.6 is 0 Å². The molecule has 20 heavy (non-hydrogen) atoms. The van der Waals surface area contributed by atoms with Crippen LogP contribution in [-0.2, 0) is 9.53 Å². The normalized spacial score (nSPS) is 14.1. The maximum atomic E-state index is 12.1. The number of benzene rings is 1. The van der Waals surface area contributed by atoms with E-state index in [0.717, 1.165) is 18.5 Å². The molecule has 0 heterocycles. The smallest absolute Gasteiger partial charge is 0.327 e. The Morgan fingerprint density at radius 1 is 1.30 bits per heavy atom. The van der Waals surface area contributed by atoms with Gasteiger partial charge in [-0.25, -0.2) is 4.79 Å². The van der Waals surface area contributed by atoms with E-state index in [0.29, 0.717) is 6.61 Å². The molecule has 2 unspecified atom stereocenters. The summed E-state index contributed by atoms with van der Waals surface area (Å²) in [5.74, 6) is -0.213. The number of rotatable bonds is 8. The van der Waals surface area contributed by atoms with E-state index in [1.807, 2.05) is 51.4 Å². The highest BCUT2D eigenvalue weighted by Gasteiger charge is 2.23. The van der Waals surface area contributed by atoms with Crippen molar-refractivity contribution >= 4 is 5.97 Å². The molecule has 0 aliphatic heterocycles. The van der Waals surface area contributed by atoms with E-state index in [1.54, 1.807) is 0 Å². The van der Waals surface area contributed by atoms with Crippen LogP contribution < -0.4 is 5.32 Å². The molecule has 0 bridgehead atoms. The van der Waals surface area contributed by atoms with Crippen LogP contribution in [0.25, 0.3) is 0 Å². The van der Waals surface area contributed by atoms with Crippen LogP contribution in [0.15, 0.2) is 30.3 Å². The summed E-state index contributed by atoms with van der Waals surface area (Å²) in [4.78, 5) is 14.3. The van der Waals surface area contributed by atoms with Crippen LogP contribution in [0.1, 0.15) is 31.9 Å². The van der Waals surface area contributed by atoms with E-state index in [9.17, 15) is 4.79 Å². The molecule has 2 atom stereocenters. The minimum atomic E-state index is -0.395. The predicted octanol–water partition coefficient (Wildman–Crippen LogP) is 2.22. The summed E-state index contributed by atoms with van der Waals surface area (Å²) in [7, 11) is 4.10. The highest BCUT2D eigenvalue weighted by Crippen LogP contribution is 2.16. The third-order valence-electron chi connectivity index (χ3n) is 3.12. The maximum absolute atomic E-state index is 12.1. The molecule has 0 spiro atoms. The van der Waals surface area contributed by atoms with Crippen molar-refractivity contribution in [2.75, 3.05) is 27.2 Å². The predicted molar refractivity (Wildman–Crippen MR) is 81.6 cm³/mol. The molecule has 1 N–H and O–H groups in total. The fraction of sp³-hybridized carbons (Fsp3) is 0.562. The van der Waals surface area contributed by atoms with Crippen molar-refractivity contribution in [1.29, 1.82) is 0 Å². The lowest BCUT2D eigenvalue weighted by molar-refractivity contribution is -0.146. The molecule has 0 fully saturated rings. The maximum Gasteiger partial charge on any atom is 0.327 e. The number of nitrogens with one attached hydrogen (secondary N) is 1. The minimum Gasteiger partial charge on any atom is -0.465 e. The average molecular weight is 278 g/mol. The fourth-order valence-corrected chi connectivity index (χ4v) is 1.99. The number of nitrogens with zero attached hydrogens (tertiary/aromatic N) is 1. The summed E-state index contributed by atoms with van der Waals surface area (Å²) >= 11 is 0. The van der Waals surface area contributed by atoms with Gasteiger partial charge in [-0.2, -0.15) is 0 Å². The average Bonchev–Trinajstić information content (AvgIpc) is 2.43. The Bertz CT molecular complexity index is 393.